The highest BCUT2D eigenvalue weighted by Gasteiger charge is 2.16. The normalized spacial score (nSPS) is 16.8. The van der Waals surface area contributed by atoms with Gasteiger partial charge in [-0.1, -0.05) is 23.7 Å². The van der Waals surface area contributed by atoms with Crippen LogP contribution in [0.1, 0.15) is 28.8 Å². The van der Waals surface area contributed by atoms with Crippen molar-refractivity contribution in [3.8, 4) is 0 Å². The van der Waals surface area contributed by atoms with Crippen LogP contribution in [0.3, 0.4) is 0 Å². The van der Waals surface area contributed by atoms with Crippen LogP contribution in [0, 0.1) is 0 Å². The third-order valence-electron chi connectivity index (χ3n) is 3.83. The maximum Gasteiger partial charge on any atom is 0.251 e. The van der Waals surface area contributed by atoms with Crippen LogP contribution in [0.25, 0.3) is 0 Å². The topological polar surface area (TPSA) is 76.1 Å². The van der Waals surface area contributed by atoms with E-state index >= 15 is 0 Å². The summed E-state index contributed by atoms with van der Waals surface area (Å²) in [5.74, 6) is 0.479. The first-order valence-corrected chi connectivity index (χ1v) is 8.28. The number of aromatic nitrogens is 2. The second kappa shape index (κ2) is 8.08. The molecule has 6 nitrogen and oxygen atoms in total. The number of carbonyl (C=O) groups excluding carboxylic acids is 1. The van der Waals surface area contributed by atoms with Crippen LogP contribution in [0.5, 0.6) is 0 Å². The van der Waals surface area contributed by atoms with Gasteiger partial charge in [0.1, 0.15) is 17.2 Å². The molecular weight excluding hydrogens is 328 g/mol. The summed E-state index contributed by atoms with van der Waals surface area (Å²) >= 11 is 6.01. The number of hydrogen-bond acceptors (Lipinski definition) is 5. The average Bonchev–Trinajstić information content (AvgIpc) is 3.13. The Morgan fingerprint density at radius 3 is 3.12 bits per heavy atom. The Morgan fingerprint density at radius 2 is 2.33 bits per heavy atom. The molecule has 0 aliphatic carbocycles. The Kier molecular flexibility index (Phi) is 5.61. The molecule has 1 fully saturated rings. The molecule has 24 heavy (non-hydrogen) atoms. The highest BCUT2D eigenvalue weighted by Crippen LogP contribution is 2.17. The fourth-order valence-electron chi connectivity index (χ4n) is 2.56. The molecule has 7 heteroatoms. The lowest BCUT2D eigenvalue weighted by atomic mass is 10.1. The molecule has 2 aromatic rings. The van der Waals surface area contributed by atoms with E-state index in [1.807, 2.05) is 18.2 Å². The Bertz CT molecular complexity index is 704. The first kappa shape index (κ1) is 16.7. The van der Waals surface area contributed by atoms with Crippen LogP contribution in [-0.2, 0) is 11.3 Å². The van der Waals surface area contributed by atoms with E-state index in [1.54, 1.807) is 6.07 Å². The van der Waals surface area contributed by atoms with Crippen LogP contribution >= 0.6 is 11.6 Å². The zero-order chi connectivity index (χ0) is 16.8. The summed E-state index contributed by atoms with van der Waals surface area (Å²) in [4.78, 5) is 20.2. The fraction of sp³-hybridized carbons (Fsp3) is 0.353. The molecule has 3 rings (SSSR count). The second-order valence-electron chi connectivity index (χ2n) is 5.62. The van der Waals surface area contributed by atoms with E-state index in [-0.39, 0.29) is 12.0 Å². The predicted molar refractivity (Wildman–Crippen MR) is 92.1 cm³/mol. The molecule has 1 aliphatic heterocycles. The van der Waals surface area contributed by atoms with Crippen molar-refractivity contribution in [2.24, 2.45) is 0 Å². The minimum atomic E-state index is -0.0904. The van der Waals surface area contributed by atoms with Crippen molar-refractivity contribution < 1.29 is 9.53 Å². The molecule has 0 spiro atoms. The third kappa shape index (κ3) is 4.43. The lowest BCUT2D eigenvalue weighted by molar-refractivity contribution is 0.0857. The number of carbonyl (C=O) groups is 1. The molecule has 2 heterocycles. The van der Waals surface area contributed by atoms with Crippen LogP contribution in [0.2, 0.25) is 5.02 Å². The lowest BCUT2D eigenvalue weighted by Gasteiger charge is -2.12. The summed E-state index contributed by atoms with van der Waals surface area (Å²) in [6, 6.07) is 7.46. The Labute approximate surface area is 145 Å². The molecule has 126 valence electrons. The molecule has 0 radical (unpaired) electrons. The van der Waals surface area contributed by atoms with Gasteiger partial charge in [0.15, 0.2) is 0 Å². The monoisotopic (exact) mass is 346 g/mol. The minimum absolute atomic E-state index is 0.0904. The summed E-state index contributed by atoms with van der Waals surface area (Å²) in [5, 5.41) is 6.52. The van der Waals surface area contributed by atoms with Gasteiger partial charge in [-0.15, -0.1) is 0 Å². The van der Waals surface area contributed by atoms with Gasteiger partial charge in [-0.25, -0.2) is 9.97 Å². The Hall–Kier alpha value is -2.18. The van der Waals surface area contributed by atoms with E-state index in [1.165, 1.54) is 12.5 Å². The maximum atomic E-state index is 12.3. The van der Waals surface area contributed by atoms with Gasteiger partial charge in [0.2, 0.25) is 0 Å². The van der Waals surface area contributed by atoms with E-state index in [2.05, 4.69) is 20.6 Å². The highest BCUT2D eigenvalue weighted by atomic mass is 35.5. The number of anilines is 1. The number of ether oxygens (including phenoxy) is 1. The Balaban J connectivity index is 1.57. The molecule has 1 saturated heterocycles. The molecule has 1 aromatic heterocycles. The van der Waals surface area contributed by atoms with Crippen LogP contribution in [-0.4, -0.2) is 35.1 Å². The van der Waals surface area contributed by atoms with Crippen molar-refractivity contribution in [1.82, 2.24) is 15.3 Å². The quantitative estimate of drug-likeness (QED) is 0.841. The fourth-order valence-corrected chi connectivity index (χ4v) is 2.74. The van der Waals surface area contributed by atoms with E-state index in [0.29, 0.717) is 29.5 Å². The second-order valence-corrected chi connectivity index (χ2v) is 6.03. The zero-order valence-electron chi connectivity index (χ0n) is 13.2. The number of nitrogens with zero attached hydrogens (tertiary/aromatic N) is 2. The standard InChI is InChI=1S/C17H19ClN4O2/c18-15-10-19-11-22-16(15)20-8-12-3-1-4-13(7-12)17(23)21-9-14-5-2-6-24-14/h1,3-4,7,10-11,14H,2,5-6,8-9H2,(H,21,23)(H,19,20,22). The van der Waals surface area contributed by atoms with Gasteiger partial charge in [0, 0.05) is 25.3 Å². The van der Waals surface area contributed by atoms with E-state index in [0.717, 1.165) is 25.0 Å². The summed E-state index contributed by atoms with van der Waals surface area (Å²) < 4.78 is 5.51. The van der Waals surface area contributed by atoms with Gasteiger partial charge < -0.3 is 15.4 Å². The van der Waals surface area contributed by atoms with Crippen molar-refractivity contribution in [3.63, 3.8) is 0 Å². The number of nitrogens with one attached hydrogen (secondary N) is 2. The summed E-state index contributed by atoms with van der Waals surface area (Å²) in [7, 11) is 0. The SMILES string of the molecule is O=C(NCC1CCCO1)c1cccc(CNc2ncncc2Cl)c1. The van der Waals surface area contributed by atoms with Gasteiger partial charge in [-0.3, -0.25) is 4.79 Å². The molecule has 2 N–H and O–H groups in total. The molecule has 1 aromatic carbocycles. The van der Waals surface area contributed by atoms with E-state index in [9.17, 15) is 4.79 Å². The van der Waals surface area contributed by atoms with Crippen molar-refractivity contribution in [3.05, 3.63) is 52.9 Å². The molecule has 1 unspecified atom stereocenters. The molecule has 1 aliphatic rings. The van der Waals surface area contributed by atoms with Gasteiger partial charge in [-0.05, 0) is 30.5 Å². The molecule has 1 amide bonds. The van der Waals surface area contributed by atoms with Gasteiger partial charge in [0.05, 0.1) is 12.3 Å². The summed E-state index contributed by atoms with van der Waals surface area (Å²) in [6.45, 7) is 1.86. The number of amides is 1. The van der Waals surface area contributed by atoms with Crippen molar-refractivity contribution in [1.29, 1.82) is 0 Å². The summed E-state index contributed by atoms with van der Waals surface area (Å²) in [5.41, 5.74) is 1.59. The van der Waals surface area contributed by atoms with Gasteiger partial charge >= 0.3 is 0 Å². The predicted octanol–water partition coefficient (Wildman–Crippen LogP) is 2.65. The van der Waals surface area contributed by atoms with Crippen LogP contribution in [0.15, 0.2) is 36.8 Å². The zero-order valence-corrected chi connectivity index (χ0v) is 13.9. The van der Waals surface area contributed by atoms with E-state index < -0.39 is 0 Å². The average molecular weight is 347 g/mol. The summed E-state index contributed by atoms with van der Waals surface area (Å²) in [6.07, 6.45) is 5.17. The molecular formula is C17H19ClN4O2. The number of halogens is 1. The molecule has 1 atom stereocenters. The van der Waals surface area contributed by atoms with Crippen molar-refractivity contribution in [2.45, 2.75) is 25.5 Å². The van der Waals surface area contributed by atoms with Crippen molar-refractivity contribution in [2.75, 3.05) is 18.5 Å². The first-order chi connectivity index (χ1) is 11.7. The van der Waals surface area contributed by atoms with Crippen LogP contribution < -0.4 is 10.6 Å². The minimum Gasteiger partial charge on any atom is -0.376 e. The van der Waals surface area contributed by atoms with Gasteiger partial charge in [-0.2, -0.15) is 0 Å². The Morgan fingerprint density at radius 1 is 1.42 bits per heavy atom. The molecule has 0 saturated carbocycles. The number of rotatable bonds is 6. The largest absolute Gasteiger partial charge is 0.376 e. The van der Waals surface area contributed by atoms with Gasteiger partial charge in [0.25, 0.3) is 5.91 Å². The maximum absolute atomic E-state index is 12.3. The van der Waals surface area contributed by atoms with E-state index in [4.69, 9.17) is 16.3 Å². The number of benzene rings is 1. The number of hydrogen-bond donors (Lipinski definition) is 2. The smallest absolute Gasteiger partial charge is 0.251 e. The molecule has 0 bridgehead atoms. The third-order valence-corrected chi connectivity index (χ3v) is 4.11. The highest BCUT2D eigenvalue weighted by molar-refractivity contribution is 6.32. The lowest BCUT2D eigenvalue weighted by Crippen LogP contribution is -2.31. The first-order valence-electron chi connectivity index (χ1n) is 7.90. The van der Waals surface area contributed by atoms with Crippen LogP contribution in [0.4, 0.5) is 5.82 Å². The van der Waals surface area contributed by atoms with Crippen molar-refractivity contribution >= 4 is 23.3 Å².